The van der Waals surface area contributed by atoms with E-state index < -0.39 is 41.0 Å². The zero-order valence-electron chi connectivity index (χ0n) is 16.4. The third-order valence-corrected chi connectivity index (χ3v) is 4.25. The van der Waals surface area contributed by atoms with Crippen LogP contribution in [0.4, 0.5) is 17.6 Å². The van der Waals surface area contributed by atoms with Gasteiger partial charge in [-0.1, -0.05) is 6.07 Å². The Balaban J connectivity index is 2.50. The summed E-state index contributed by atoms with van der Waals surface area (Å²) in [7, 11) is 0. The molecule has 0 aliphatic carbocycles. The fraction of sp³-hybridized carbons (Fsp3) is 0.368. The van der Waals surface area contributed by atoms with E-state index >= 15 is 8.78 Å². The molecule has 0 amide bonds. The third-order valence-electron chi connectivity index (χ3n) is 4.25. The second kappa shape index (κ2) is 9.37. The average molecular weight is 429 g/mol. The molecule has 0 radical (unpaired) electrons. The van der Waals surface area contributed by atoms with E-state index in [0.717, 1.165) is 30.7 Å². The van der Waals surface area contributed by atoms with Gasteiger partial charge in [-0.2, -0.15) is 13.9 Å². The van der Waals surface area contributed by atoms with Crippen LogP contribution in [0.3, 0.4) is 0 Å². The van der Waals surface area contributed by atoms with Gasteiger partial charge in [-0.25, -0.2) is 14.6 Å². The molecule has 7 nitrogen and oxygen atoms in total. The van der Waals surface area contributed by atoms with E-state index in [1.165, 1.54) is 6.07 Å². The third kappa shape index (κ3) is 5.04. The van der Waals surface area contributed by atoms with Gasteiger partial charge < -0.3 is 15.7 Å². The summed E-state index contributed by atoms with van der Waals surface area (Å²) >= 11 is 0. The molecule has 1 unspecified atom stereocenters. The molecular formula is C19H23F4N5O2. The number of aromatic nitrogens is 1. The Morgan fingerprint density at radius 3 is 2.50 bits per heavy atom. The van der Waals surface area contributed by atoms with Crippen LogP contribution in [0, 0.1) is 11.6 Å². The van der Waals surface area contributed by atoms with E-state index in [0.29, 0.717) is 16.6 Å². The van der Waals surface area contributed by atoms with Crippen molar-refractivity contribution in [3.63, 3.8) is 0 Å². The van der Waals surface area contributed by atoms with Gasteiger partial charge in [-0.05, 0) is 37.6 Å². The van der Waals surface area contributed by atoms with Crippen LogP contribution in [-0.4, -0.2) is 34.1 Å². The first-order valence-electron chi connectivity index (χ1n) is 8.88. The van der Waals surface area contributed by atoms with Crippen LogP contribution in [0.2, 0.25) is 0 Å². The molecule has 0 fully saturated rings. The minimum Gasteiger partial charge on any atom is -0.377 e. The van der Waals surface area contributed by atoms with Crippen LogP contribution < -0.4 is 11.7 Å². The molecule has 11 heteroatoms. The maximum absolute atomic E-state index is 15.5. The van der Waals surface area contributed by atoms with Crippen molar-refractivity contribution < 1.29 is 27.4 Å². The summed E-state index contributed by atoms with van der Waals surface area (Å²) in [6.45, 7) is 2.76. The Labute approximate surface area is 170 Å². The number of ether oxygens (including phenoxy) is 1. The summed E-state index contributed by atoms with van der Waals surface area (Å²) in [6, 6.07) is 4.19. The van der Waals surface area contributed by atoms with Crippen LogP contribution >= 0.6 is 0 Å². The van der Waals surface area contributed by atoms with E-state index in [2.05, 4.69) is 10.1 Å². The molecule has 2 aromatic rings. The van der Waals surface area contributed by atoms with Gasteiger partial charge in [-0.15, -0.1) is 0 Å². The van der Waals surface area contributed by atoms with E-state index in [1.54, 1.807) is 0 Å². The first-order chi connectivity index (χ1) is 14.0. The lowest BCUT2D eigenvalue weighted by molar-refractivity contribution is -0.203. The van der Waals surface area contributed by atoms with Gasteiger partial charge >= 0.3 is 5.92 Å². The van der Waals surface area contributed by atoms with Gasteiger partial charge in [0.1, 0.15) is 23.7 Å². The Bertz CT molecular complexity index is 880. The molecule has 2 rings (SSSR count). The first-order valence-corrected chi connectivity index (χ1v) is 8.88. The molecule has 0 spiro atoms. The number of aliphatic hydroxyl groups is 1. The SMILES string of the molecule is CC(C)OCc1ccc(C(F)(F)C(O)(CN(N)/C=N\N)c2ccc(F)cc2F)nc1. The van der Waals surface area contributed by atoms with Gasteiger partial charge in [0, 0.05) is 17.8 Å². The molecule has 0 aliphatic heterocycles. The summed E-state index contributed by atoms with van der Waals surface area (Å²) in [5.41, 5.74) is -4.43. The number of hydrogen-bond acceptors (Lipinski definition) is 6. The molecule has 0 saturated heterocycles. The van der Waals surface area contributed by atoms with E-state index in [9.17, 15) is 13.9 Å². The molecule has 5 N–H and O–H groups in total. The number of nitrogens with two attached hydrogens (primary N) is 2. The molecular weight excluding hydrogens is 406 g/mol. The topological polar surface area (TPSA) is 110 Å². The fourth-order valence-electron chi connectivity index (χ4n) is 2.74. The smallest absolute Gasteiger partial charge is 0.323 e. The second-order valence-electron chi connectivity index (χ2n) is 6.91. The summed E-state index contributed by atoms with van der Waals surface area (Å²) in [4.78, 5) is 3.72. The van der Waals surface area contributed by atoms with Crippen molar-refractivity contribution >= 4 is 6.34 Å². The summed E-state index contributed by atoms with van der Waals surface area (Å²) < 4.78 is 64.0. The molecule has 0 bridgehead atoms. The van der Waals surface area contributed by atoms with Crippen LogP contribution in [0.1, 0.15) is 30.7 Å². The van der Waals surface area contributed by atoms with Crippen molar-refractivity contribution in [1.82, 2.24) is 9.99 Å². The number of hydrazine groups is 1. The van der Waals surface area contributed by atoms with Gasteiger partial charge in [0.25, 0.3) is 0 Å². The van der Waals surface area contributed by atoms with E-state index in [4.69, 9.17) is 16.4 Å². The minimum absolute atomic E-state index is 0.0718. The molecule has 1 aromatic heterocycles. The predicted octanol–water partition coefficient (Wildman–Crippen LogP) is 2.34. The van der Waals surface area contributed by atoms with Crippen molar-refractivity contribution in [2.24, 2.45) is 16.8 Å². The number of benzene rings is 1. The van der Waals surface area contributed by atoms with Crippen LogP contribution in [0.25, 0.3) is 0 Å². The quantitative estimate of drug-likeness (QED) is 0.186. The summed E-state index contributed by atoms with van der Waals surface area (Å²) in [6.07, 6.45) is 1.86. The van der Waals surface area contributed by atoms with Crippen LogP contribution in [-0.2, 0) is 22.9 Å². The van der Waals surface area contributed by atoms with Crippen molar-refractivity contribution in [3.8, 4) is 0 Å². The summed E-state index contributed by atoms with van der Waals surface area (Å²) in [5, 5.41) is 14.6. The van der Waals surface area contributed by atoms with Crippen LogP contribution in [0.5, 0.6) is 0 Å². The highest BCUT2D eigenvalue weighted by molar-refractivity contribution is 5.53. The lowest BCUT2D eigenvalue weighted by Crippen LogP contribution is -2.53. The maximum Gasteiger partial charge on any atom is 0.323 e. The lowest BCUT2D eigenvalue weighted by atomic mass is 9.84. The molecule has 0 aliphatic rings. The largest absolute Gasteiger partial charge is 0.377 e. The van der Waals surface area contributed by atoms with Crippen molar-refractivity contribution in [2.45, 2.75) is 38.1 Å². The second-order valence-corrected chi connectivity index (χ2v) is 6.91. The van der Waals surface area contributed by atoms with Gasteiger partial charge in [0.05, 0.1) is 19.3 Å². The average Bonchev–Trinajstić information content (AvgIpc) is 2.66. The molecule has 1 heterocycles. The van der Waals surface area contributed by atoms with Crippen molar-refractivity contribution in [2.75, 3.05) is 6.54 Å². The highest BCUT2D eigenvalue weighted by Gasteiger charge is 2.58. The number of nitrogens with zero attached hydrogens (tertiary/aromatic N) is 3. The number of hydrazone groups is 1. The number of pyridine rings is 1. The zero-order chi connectivity index (χ0) is 22.5. The Kier molecular flexibility index (Phi) is 7.34. The zero-order valence-corrected chi connectivity index (χ0v) is 16.4. The number of alkyl halides is 2. The van der Waals surface area contributed by atoms with E-state index in [1.807, 2.05) is 13.8 Å². The summed E-state index contributed by atoms with van der Waals surface area (Å²) in [5.74, 6) is 3.97. The number of halogens is 4. The highest BCUT2D eigenvalue weighted by Crippen LogP contribution is 2.45. The normalized spacial score (nSPS) is 14.3. The number of hydrogen-bond donors (Lipinski definition) is 3. The maximum atomic E-state index is 15.5. The van der Waals surface area contributed by atoms with Crippen molar-refractivity contribution in [3.05, 3.63) is 65.0 Å². The fourth-order valence-corrected chi connectivity index (χ4v) is 2.74. The molecule has 1 atom stereocenters. The Morgan fingerprint density at radius 1 is 1.27 bits per heavy atom. The molecule has 1 aromatic carbocycles. The predicted molar refractivity (Wildman–Crippen MR) is 102 cm³/mol. The van der Waals surface area contributed by atoms with Gasteiger partial charge in [-0.3, -0.25) is 9.99 Å². The van der Waals surface area contributed by atoms with Gasteiger partial charge in [0.15, 0.2) is 5.60 Å². The molecule has 30 heavy (non-hydrogen) atoms. The highest BCUT2D eigenvalue weighted by atomic mass is 19.3. The monoisotopic (exact) mass is 429 g/mol. The van der Waals surface area contributed by atoms with Crippen molar-refractivity contribution in [1.29, 1.82) is 0 Å². The van der Waals surface area contributed by atoms with Crippen LogP contribution in [0.15, 0.2) is 41.6 Å². The first kappa shape index (κ1) is 23.5. The molecule has 0 saturated carbocycles. The Hall–Kier alpha value is -2.76. The van der Waals surface area contributed by atoms with E-state index in [-0.39, 0.29) is 12.7 Å². The number of rotatable bonds is 9. The minimum atomic E-state index is -4.14. The standard InChI is InChI=1S/C19H23F4N5O2/c1-12(2)30-9-13-3-6-17(26-8-13)19(22,23)18(29,10-28(25)11-27-24)15-5-4-14(20)7-16(15)21/h3-8,11-12,29H,9-10,24-25H2,1-2H3/b27-11-. The molecule has 164 valence electrons. The lowest BCUT2D eigenvalue weighted by Gasteiger charge is -2.37. The van der Waals surface area contributed by atoms with Gasteiger partial charge in [0.2, 0.25) is 0 Å². The Morgan fingerprint density at radius 2 is 1.97 bits per heavy atom.